The van der Waals surface area contributed by atoms with E-state index in [2.05, 4.69) is 9.71 Å². The Hall–Kier alpha value is -1.06. The van der Waals surface area contributed by atoms with Gasteiger partial charge in [-0.15, -0.1) is 11.3 Å². The van der Waals surface area contributed by atoms with Crippen LogP contribution in [0.15, 0.2) is 21.9 Å². The molecular formula is C10H5Cl3N2O4S2. The van der Waals surface area contributed by atoms with Crippen LogP contribution in [0.4, 0.5) is 5.69 Å². The molecule has 2 rings (SSSR count). The molecule has 11 heteroatoms. The number of rotatable bonds is 4. The van der Waals surface area contributed by atoms with Crippen molar-refractivity contribution in [2.24, 2.45) is 0 Å². The van der Waals surface area contributed by atoms with Crippen molar-refractivity contribution in [3.8, 4) is 0 Å². The first kappa shape index (κ1) is 16.3. The molecule has 0 unspecified atom stereocenters. The van der Waals surface area contributed by atoms with Crippen LogP contribution in [0.5, 0.6) is 0 Å². The molecule has 21 heavy (non-hydrogen) atoms. The summed E-state index contributed by atoms with van der Waals surface area (Å²) in [5, 5.41) is 9.19. The van der Waals surface area contributed by atoms with Gasteiger partial charge in [0.2, 0.25) is 0 Å². The fraction of sp³-hybridized carbons (Fsp3) is 0. The molecule has 0 atom stereocenters. The number of hydrogen-bond donors (Lipinski definition) is 2. The second-order valence-electron chi connectivity index (χ2n) is 3.65. The summed E-state index contributed by atoms with van der Waals surface area (Å²) in [6.07, 6.45) is 0. The molecule has 0 amide bonds. The van der Waals surface area contributed by atoms with Crippen LogP contribution in [0.3, 0.4) is 0 Å². The van der Waals surface area contributed by atoms with Gasteiger partial charge in [-0.1, -0.05) is 34.8 Å². The lowest BCUT2D eigenvalue weighted by atomic mass is 10.3. The minimum atomic E-state index is -4.16. The van der Waals surface area contributed by atoms with Crippen molar-refractivity contribution in [3.05, 3.63) is 38.4 Å². The fourth-order valence-electron chi connectivity index (χ4n) is 1.36. The van der Waals surface area contributed by atoms with Gasteiger partial charge in [-0.25, -0.2) is 18.2 Å². The van der Waals surface area contributed by atoms with Gasteiger partial charge < -0.3 is 5.11 Å². The summed E-state index contributed by atoms with van der Waals surface area (Å²) in [4.78, 5) is 14.4. The quantitative estimate of drug-likeness (QED) is 0.781. The van der Waals surface area contributed by atoms with Crippen LogP contribution < -0.4 is 4.72 Å². The molecule has 1 aromatic carbocycles. The number of sulfonamides is 1. The van der Waals surface area contributed by atoms with Gasteiger partial charge in [0.25, 0.3) is 10.0 Å². The smallest absolute Gasteiger partial charge is 0.356 e. The van der Waals surface area contributed by atoms with Gasteiger partial charge >= 0.3 is 5.97 Å². The van der Waals surface area contributed by atoms with Gasteiger partial charge in [0, 0.05) is 0 Å². The van der Waals surface area contributed by atoms with Crippen molar-refractivity contribution < 1.29 is 18.3 Å². The number of hydrogen-bond acceptors (Lipinski definition) is 5. The Morgan fingerprint density at radius 1 is 1.19 bits per heavy atom. The largest absolute Gasteiger partial charge is 0.476 e. The molecule has 0 radical (unpaired) electrons. The van der Waals surface area contributed by atoms with Gasteiger partial charge in [0.05, 0.1) is 26.3 Å². The Morgan fingerprint density at radius 3 is 2.43 bits per heavy atom. The minimum absolute atomic E-state index is 0.0178. The van der Waals surface area contributed by atoms with E-state index in [4.69, 9.17) is 39.9 Å². The molecule has 1 heterocycles. The Kier molecular flexibility index (Phi) is 4.64. The lowest BCUT2D eigenvalue weighted by Crippen LogP contribution is -2.15. The molecular weight excluding hydrogens is 383 g/mol. The van der Waals surface area contributed by atoms with E-state index in [0.717, 1.165) is 5.51 Å². The van der Waals surface area contributed by atoms with E-state index in [1.807, 2.05) is 0 Å². The Balaban J connectivity index is 2.45. The first-order valence-corrected chi connectivity index (χ1v) is 8.56. The lowest BCUT2D eigenvalue weighted by Gasteiger charge is -2.09. The minimum Gasteiger partial charge on any atom is -0.476 e. The summed E-state index contributed by atoms with van der Waals surface area (Å²) in [7, 11) is -4.16. The highest BCUT2D eigenvalue weighted by Crippen LogP contribution is 2.34. The van der Waals surface area contributed by atoms with Crippen molar-refractivity contribution >= 4 is 67.8 Å². The first-order chi connectivity index (χ1) is 9.72. The zero-order chi connectivity index (χ0) is 15.8. The maximum Gasteiger partial charge on any atom is 0.356 e. The second-order valence-corrected chi connectivity index (χ2v) is 7.60. The van der Waals surface area contributed by atoms with Gasteiger partial charge in [-0.2, -0.15) is 0 Å². The maximum absolute atomic E-state index is 12.2. The molecule has 0 saturated heterocycles. The summed E-state index contributed by atoms with van der Waals surface area (Å²) in [6.45, 7) is 0. The van der Waals surface area contributed by atoms with E-state index in [1.54, 1.807) is 0 Å². The predicted octanol–water partition coefficient (Wildman–Crippen LogP) is 3.60. The Bertz CT molecular complexity index is 820. The summed E-state index contributed by atoms with van der Waals surface area (Å²) in [6, 6.07) is 2.50. The zero-order valence-corrected chi connectivity index (χ0v) is 13.7. The molecule has 112 valence electrons. The standard InChI is InChI=1S/C10H5Cl3N2O4S2/c11-4-1-6(13)7(2-5(4)12)15-21(18,19)10-8(9(16)17)14-3-20-10/h1-3,15H,(H,16,17). The van der Waals surface area contributed by atoms with Crippen molar-refractivity contribution in [2.45, 2.75) is 4.21 Å². The van der Waals surface area contributed by atoms with E-state index >= 15 is 0 Å². The normalized spacial score (nSPS) is 11.4. The molecule has 0 saturated carbocycles. The number of aromatic carboxylic acids is 1. The summed E-state index contributed by atoms with van der Waals surface area (Å²) in [5.41, 5.74) is 0.536. The highest BCUT2D eigenvalue weighted by molar-refractivity contribution is 7.94. The zero-order valence-electron chi connectivity index (χ0n) is 9.80. The molecule has 6 nitrogen and oxygen atoms in total. The monoisotopic (exact) mass is 386 g/mol. The Labute approximate surface area is 138 Å². The average Bonchev–Trinajstić information content (AvgIpc) is 2.85. The van der Waals surface area contributed by atoms with Crippen molar-refractivity contribution in [1.82, 2.24) is 4.98 Å². The number of carboxylic acid groups (broad SMARTS) is 1. The number of nitrogens with zero attached hydrogens (tertiary/aromatic N) is 1. The highest BCUT2D eigenvalue weighted by Gasteiger charge is 2.26. The number of anilines is 1. The van der Waals surface area contributed by atoms with Gasteiger partial charge in [0.15, 0.2) is 9.90 Å². The molecule has 0 fully saturated rings. The second kappa shape index (κ2) is 5.98. The highest BCUT2D eigenvalue weighted by atomic mass is 35.5. The molecule has 2 aromatic rings. The third kappa shape index (κ3) is 3.41. The van der Waals surface area contributed by atoms with E-state index < -0.39 is 25.9 Å². The van der Waals surface area contributed by atoms with E-state index in [1.165, 1.54) is 12.1 Å². The van der Waals surface area contributed by atoms with Gasteiger partial charge in [-0.05, 0) is 12.1 Å². The predicted molar refractivity (Wildman–Crippen MR) is 81.4 cm³/mol. The number of aromatic nitrogens is 1. The van der Waals surface area contributed by atoms with E-state index in [9.17, 15) is 13.2 Å². The number of nitrogens with one attached hydrogen (secondary N) is 1. The number of carboxylic acids is 1. The third-order valence-electron chi connectivity index (χ3n) is 2.24. The summed E-state index contributed by atoms with van der Waals surface area (Å²) in [5.74, 6) is -1.45. The molecule has 0 aliphatic carbocycles. The van der Waals surface area contributed by atoms with Crippen LogP contribution in [-0.2, 0) is 10.0 Å². The van der Waals surface area contributed by atoms with Crippen LogP contribution in [-0.4, -0.2) is 24.5 Å². The maximum atomic E-state index is 12.2. The van der Waals surface area contributed by atoms with Crippen LogP contribution >= 0.6 is 46.1 Å². The van der Waals surface area contributed by atoms with Crippen molar-refractivity contribution in [1.29, 1.82) is 0 Å². The molecule has 0 bridgehead atoms. The molecule has 2 N–H and O–H groups in total. The molecule has 0 aliphatic heterocycles. The molecule has 0 aliphatic rings. The van der Waals surface area contributed by atoms with E-state index in [0.29, 0.717) is 11.3 Å². The number of carbonyl (C=O) groups is 1. The fourth-order valence-corrected chi connectivity index (χ4v) is 4.22. The van der Waals surface area contributed by atoms with Gasteiger partial charge in [-0.3, -0.25) is 4.72 Å². The Morgan fingerprint density at radius 2 is 1.81 bits per heavy atom. The van der Waals surface area contributed by atoms with Gasteiger partial charge in [0.1, 0.15) is 0 Å². The summed E-state index contributed by atoms with van der Waals surface area (Å²) >= 11 is 18.1. The number of thiazole rings is 1. The first-order valence-electron chi connectivity index (χ1n) is 5.06. The van der Waals surface area contributed by atoms with Crippen LogP contribution in [0, 0.1) is 0 Å². The topological polar surface area (TPSA) is 96.4 Å². The molecule has 1 aromatic heterocycles. The van der Waals surface area contributed by atoms with Crippen molar-refractivity contribution in [2.75, 3.05) is 4.72 Å². The third-order valence-corrected chi connectivity index (χ3v) is 6.01. The van der Waals surface area contributed by atoms with Crippen LogP contribution in [0.1, 0.15) is 10.5 Å². The van der Waals surface area contributed by atoms with Crippen molar-refractivity contribution in [3.63, 3.8) is 0 Å². The summed E-state index contributed by atoms with van der Waals surface area (Å²) < 4.78 is 26.1. The number of benzene rings is 1. The van der Waals surface area contributed by atoms with E-state index in [-0.39, 0.29) is 20.8 Å². The SMILES string of the molecule is O=C(O)c1ncsc1S(=O)(=O)Nc1cc(Cl)c(Cl)cc1Cl. The average molecular weight is 388 g/mol. The number of halogens is 3. The van der Waals surface area contributed by atoms with Crippen LogP contribution in [0.2, 0.25) is 15.1 Å². The molecule has 0 spiro atoms. The van der Waals surface area contributed by atoms with Crippen LogP contribution in [0.25, 0.3) is 0 Å². The lowest BCUT2D eigenvalue weighted by molar-refractivity contribution is 0.0687.